The lowest BCUT2D eigenvalue weighted by molar-refractivity contribution is -0.124. The number of hydrogen-bond donors (Lipinski definition) is 3. The topological polar surface area (TPSA) is 117 Å². The van der Waals surface area contributed by atoms with Crippen molar-refractivity contribution in [1.82, 2.24) is 20.9 Å². The van der Waals surface area contributed by atoms with Crippen molar-refractivity contribution in [3.63, 3.8) is 0 Å². The van der Waals surface area contributed by atoms with Crippen LogP contribution in [0, 0.1) is 5.92 Å². The molecule has 1 aliphatic rings. The normalized spacial score (nSPS) is 14.2. The Hall–Kier alpha value is -3.88. The van der Waals surface area contributed by atoms with Crippen molar-refractivity contribution in [1.29, 1.82) is 0 Å². The summed E-state index contributed by atoms with van der Waals surface area (Å²) in [7, 11) is 0. The Kier molecular flexibility index (Phi) is 8.83. The smallest absolute Gasteiger partial charge is 0.254 e. The Morgan fingerprint density at radius 1 is 1.03 bits per heavy atom. The standard InChI is InChI=1S/C26H32N4O5/c1-4-35-21-11-9-19(10-12-21)24(32)29-23(17(2)3)25(33)28-15-18-5-7-20(8-6-18)26(34)30-14-13-27-22(31)16-30/h5-12,17,23H,4,13-16H2,1-3H3,(H,27,31)(H,28,33)(H,29,32). The lowest BCUT2D eigenvalue weighted by Crippen LogP contribution is -2.50. The Balaban J connectivity index is 1.55. The van der Waals surface area contributed by atoms with Gasteiger partial charge in [0.1, 0.15) is 11.8 Å². The molecule has 0 aromatic heterocycles. The summed E-state index contributed by atoms with van der Waals surface area (Å²) in [5.74, 6) is -0.444. The Labute approximate surface area is 205 Å². The number of nitrogens with one attached hydrogen (secondary N) is 3. The predicted molar refractivity (Wildman–Crippen MR) is 131 cm³/mol. The van der Waals surface area contributed by atoms with E-state index in [0.29, 0.717) is 36.6 Å². The zero-order valence-corrected chi connectivity index (χ0v) is 20.3. The van der Waals surface area contributed by atoms with Crippen LogP contribution in [-0.4, -0.2) is 60.8 Å². The number of rotatable bonds is 9. The van der Waals surface area contributed by atoms with Crippen LogP contribution >= 0.6 is 0 Å². The summed E-state index contributed by atoms with van der Waals surface area (Å²) in [5, 5.41) is 8.36. The van der Waals surface area contributed by atoms with E-state index in [4.69, 9.17) is 4.74 Å². The second-order valence-corrected chi connectivity index (χ2v) is 8.64. The van der Waals surface area contributed by atoms with Gasteiger partial charge in [-0.15, -0.1) is 0 Å². The quantitative estimate of drug-likeness (QED) is 0.505. The fourth-order valence-corrected chi connectivity index (χ4v) is 3.69. The van der Waals surface area contributed by atoms with Gasteiger partial charge in [-0.1, -0.05) is 26.0 Å². The number of nitrogens with zero attached hydrogens (tertiary/aromatic N) is 1. The first-order valence-corrected chi connectivity index (χ1v) is 11.7. The minimum Gasteiger partial charge on any atom is -0.494 e. The van der Waals surface area contributed by atoms with Gasteiger partial charge in [0.15, 0.2) is 0 Å². The molecule has 186 valence electrons. The van der Waals surface area contributed by atoms with Crippen molar-refractivity contribution in [2.45, 2.75) is 33.4 Å². The van der Waals surface area contributed by atoms with Crippen LogP contribution in [0.2, 0.25) is 0 Å². The lowest BCUT2D eigenvalue weighted by atomic mass is 10.0. The van der Waals surface area contributed by atoms with Crippen LogP contribution in [0.4, 0.5) is 0 Å². The third kappa shape index (κ3) is 7.05. The number of ether oxygens (including phenoxy) is 1. The SMILES string of the molecule is CCOc1ccc(C(=O)NC(C(=O)NCc2ccc(C(=O)N3CCNC(=O)C3)cc2)C(C)C)cc1. The zero-order chi connectivity index (χ0) is 25.4. The van der Waals surface area contributed by atoms with E-state index >= 15 is 0 Å². The van der Waals surface area contributed by atoms with Crippen molar-refractivity contribution >= 4 is 23.6 Å². The average molecular weight is 481 g/mol. The maximum atomic E-state index is 12.8. The summed E-state index contributed by atoms with van der Waals surface area (Å²) in [6.45, 7) is 7.38. The van der Waals surface area contributed by atoms with E-state index in [0.717, 1.165) is 5.56 Å². The molecule has 3 N–H and O–H groups in total. The first-order valence-electron chi connectivity index (χ1n) is 11.7. The van der Waals surface area contributed by atoms with Crippen LogP contribution in [0.25, 0.3) is 0 Å². The van der Waals surface area contributed by atoms with E-state index in [2.05, 4.69) is 16.0 Å². The molecule has 0 radical (unpaired) electrons. The molecule has 1 heterocycles. The molecule has 35 heavy (non-hydrogen) atoms. The molecule has 9 heteroatoms. The van der Waals surface area contributed by atoms with Gasteiger partial charge in [0.05, 0.1) is 13.2 Å². The van der Waals surface area contributed by atoms with E-state index in [1.54, 1.807) is 48.5 Å². The summed E-state index contributed by atoms with van der Waals surface area (Å²) in [4.78, 5) is 51.1. The van der Waals surface area contributed by atoms with Crippen LogP contribution in [0.1, 0.15) is 47.1 Å². The number of hydrogen-bond acceptors (Lipinski definition) is 5. The molecule has 0 aliphatic carbocycles. The number of amides is 4. The number of piperazine rings is 1. The molecular weight excluding hydrogens is 448 g/mol. The minimum atomic E-state index is -0.708. The second kappa shape index (κ2) is 12.0. The zero-order valence-electron chi connectivity index (χ0n) is 20.3. The molecule has 1 saturated heterocycles. The van der Waals surface area contributed by atoms with E-state index in [-0.39, 0.29) is 42.6 Å². The molecule has 0 saturated carbocycles. The van der Waals surface area contributed by atoms with Gasteiger partial charge in [-0.2, -0.15) is 0 Å². The predicted octanol–water partition coefficient (Wildman–Crippen LogP) is 1.73. The van der Waals surface area contributed by atoms with Gasteiger partial charge in [-0.3, -0.25) is 19.2 Å². The van der Waals surface area contributed by atoms with E-state index in [9.17, 15) is 19.2 Å². The van der Waals surface area contributed by atoms with Crippen LogP contribution < -0.4 is 20.7 Å². The fraction of sp³-hybridized carbons (Fsp3) is 0.385. The molecule has 1 unspecified atom stereocenters. The molecule has 3 rings (SSSR count). The average Bonchev–Trinajstić information content (AvgIpc) is 2.86. The summed E-state index contributed by atoms with van der Waals surface area (Å²) >= 11 is 0. The van der Waals surface area contributed by atoms with Gasteiger partial charge in [-0.25, -0.2) is 0 Å². The monoisotopic (exact) mass is 480 g/mol. The number of carbonyl (C=O) groups excluding carboxylic acids is 4. The number of carbonyl (C=O) groups is 4. The fourth-order valence-electron chi connectivity index (χ4n) is 3.69. The van der Waals surface area contributed by atoms with Gasteiger partial charge in [0.2, 0.25) is 11.8 Å². The highest BCUT2D eigenvalue weighted by atomic mass is 16.5. The van der Waals surface area contributed by atoms with E-state index in [1.807, 2.05) is 20.8 Å². The van der Waals surface area contributed by atoms with Gasteiger partial charge >= 0.3 is 0 Å². The van der Waals surface area contributed by atoms with Gasteiger partial charge < -0.3 is 25.6 Å². The Bertz CT molecular complexity index is 1050. The van der Waals surface area contributed by atoms with Crippen molar-refractivity contribution in [3.8, 4) is 5.75 Å². The molecule has 0 bridgehead atoms. The van der Waals surface area contributed by atoms with Crippen LogP contribution in [-0.2, 0) is 16.1 Å². The van der Waals surface area contributed by atoms with Crippen LogP contribution in [0.3, 0.4) is 0 Å². The molecule has 9 nitrogen and oxygen atoms in total. The van der Waals surface area contributed by atoms with Gasteiger partial charge in [-0.05, 0) is 54.8 Å². The highest BCUT2D eigenvalue weighted by molar-refractivity contribution is 5.98. The first-order chi connectivity index (χ1) is 16.8. The van der Waals surface area contributed by atoms with Crippen molar-refractivity contribution in [3.05, 3.63) is 65.2 Å². The van der Waals surface area contributed by atoms with Crippen molar-refractivity contribution < 1.29 is 23.9 Å². The maximum absolute atomic E-state index is 12.8. The molecule has 2 aromatic rings. The molecular formula is C26H32N4O5. The third-order valence-electron chi connectivity index (χ3n) is 5.66. The Morgan fingerprint density at radius 2 is 1.69 bits per heavy atom. The molecule has 4 amide bonds. The van der Waals surface area contributed by atoms with E-state index in [1.165, 1.54) is 4.90 Å². The van der Waals surface area contributed by atoms with Crippen LogP contribution in [0.15, 0.2) is 48.5 Å². The summed E-state index contributed by atoms with van der Waals surface area (Å²) < 4.78 is 5.39. The van der Waals surface area contributed by atoms with Crippen LogP contribution in [0.5, 0.6) is 5.75 Å². The molecule has 0 spiro atoms. The molecule has 1 aliphatic heterocycles. The second-order valence-electron chi connectivity index (χ2n) is 8.64. The highest BCUT2D eigenvalue weighted by Crippen LogP contribution is 2.13. The lowest BCUT2D eigenvalue weighted by Gasteiger charge is -2.26. The Morgan fingerprint density at radius 3 is 2.29 bits per heavy atom. The summed E-state index contributed by atoms with van der Waals surface area (Å²) in [5.41, 5.74) is 1.74. The van der Waals surface area contributed by atoms with Crippen molar-refractivity contribution in [2.75, 3.05) is 26.2 Å². The third-order valence-corrected chi connectivity index (χ3v) is 5.66. The largest absolute Gasteiger partial charge is 0.494 e. The summed E-state index contributed by atoms with van der Waals surface area (Å²) in [6.07, 6.45) is 0. The van der Waals surface area contributed by atoms with Gasteiger partial charge in [0.25, 0.3) is 11.8 Å². The van der Waals surface area contributed by atoms with E-state index < -0.39 is 6.04 Å². The molecule has 2 aromatic carbocycles. The highest BCUT2D eigenvalue weighted by Gasteiger charge is 2.25. The van der Waals surface area contributed by atoms with Gasteiger partial charge in [0, 0.05) is 30.8 Å². The first kappa shape index (κ1) is 25.7. The minimum absolute atomic E-state index is 0.0512. The maximum Gasteiger partial charge on any atom is 0.254 e. The summed E-state index contributed by atoms with van der Waals surface area (Å²) in [6, 6.07) is 13.0. The van der Waals surface area contributed by atoms with Crippen molar-refractivity contribution in [2.24, 2.45) is 5.92 Å². The molecule has 1 fully saturated rings. The number of benzene rings is 2. The molecule has 1 atom stereocenters.